The van der Waals surface area contributed by atoms with E-state index in [2.05, 4.69) is 34.1 Å². The summed E-state index contributed by atoms with van der Waals surface area (Å²) in [6, 6.07) is 13.0. The van der Waals surface area contributed by atoms with Crippen LogP contribution in [0.3, 0.4) is 0 Å². The van der Waals surface area contributed by atoms with Gasteiger partial charge in [0.15, 0.2) is 0 Å². The van der Waals surface area contributed by atoms with Crippen molar-refractivity contribution in [1.82, 2.24) is 20.4 Å². The molecule has 0 spiro atoms. The molecule has 2 aromatic carbocycles. The van der Waals surface area contributed by atoms with Gasteiger partial charge in [-0.2, -0.15) is 8.42 Å². The topological polar surface area (TPSA) is 260 Å². The maximum Gasteiger partial charge on any atom is 0.414 e. The molecular weight excluding hydrogens is 785 g/mol. The molecule has 3 fully saturated rings. The van der Waals surface area contributed by atoms with Crippen molar-refractivity contribution in [2.45, 2.75) is 32.2 Å². The molecule has 0 bridgehead atoms. The molecule has 4 N–H and O–H groups in total. The van der Waals surface area contributed by atoms with Crippen LogP contribution in [0.25, 0.3) is 0 Å². The first kappa shape index (κ1) is 44.9. The second kappa shape index (κ2) is 20.5. The average Bonchev–Trinajstić information content (AvgIpc) is 3.75. The Hall–Kier alpha value is -5.84. The summed E-state index contributed by atoms with van der Waals surface area (Å²) in [7, 11) is -1.20. The van der Waals surface area contributed by atoms with Crippen LogP contribution in [-0.2, 0) is 42.8 Å². The van der Waals surface area contributed by atoms with Crippen LogP contribution in [0.15, 0.2) is 48.5 Å². The van der Waals surface area contributed by atoms with Gasteiger partial charge in [-0.3, -0.25) is 50.0 Å². The van der Waals surface area contributed by atoms with E-state index in [1.165, 1.54) is 19.1 Å². The van der Waals surface area contributed by atoms with Crippen LogP contribution >= 0.6 is 0 Å². The Labute approximate surface area is 335 Å². The van der Waals surface area contributed by atoms with Crippen molar-refractivity contribution in [2.75, 3.05) is 89.2 Å². The number of hydrogen-bond donors (Lipinski definition) is 4. The van der Waals surface area contributed by atoms with Crippen molar-refractivity contribution in [1.29, 1.82) is 10.8 Å². The average molecular weight is 833 g/mol. The van der Waals surface area contributed by atoms with Gasteiger partial charge in [0.05, 0.1) is 46.2 Å². The number of rotatable bonds is 12. The molecule has 22 heteroatoms. The van der Waals surface area contributed by atoms with Gasteiger partial charge in [0.2, 0.25) is 0 Å². The van der Waals surface area contributed by atoms with Crippen molar-refractivity contribution >= 4 is 63.5 Å². The molecule has 3 aliphatic heterocycles. The lowest BCUT2D eigenvalue weighted by molar-refractivity contribution is -0.149. The Kier molecular flexibility index (Phi) is 15.9. The molecule has 2 atom stereocenters. The minimum Gasteiger partial charge on any atom is -0.462 e. The largest absolute Gasteiger partial charge is 0.462 e. The number of esters is 1. The number of carbonyl (C=O) groups is 5. The standard InChI is InChI=1S/C22H31N5O6.C14H17N3O7S/c1-15(2)32-19(28)14-26-10-8-25(9-11-26)12-18-13-27(22(30)33-18)17-6-4-16(5-7-17)20(23)24-21(29)31-3;1-22-13(18)16-12(15)9-3-5-10(6-4-9)17-7-11(24-14(17)19)8-23-25(2,20)21/h4-7,15,18H,8-14H2,1-3H3,(H2,23,24,29);3-6,11H,7-8H2,1-2H3,(H2,15,16,18). The van der Waals surface area contributed by atoms with Crippen LogP contribution in [-0.4, -0.2) is 158 Å². The van der Waals surface area contributed by atoms with Crippen LogP contribution in [0, 0.1) is 10.8 Å². The third-order valence-electron chi connectivity index (χ3n) is 8.62. The second-order valence-electron chi connectivity index (χ2n) is 13.4. The monoisotopic (exact) mass is 832 g/mol. The number of methoxy groups -OCH3 is 2. The molecule has 0 aliphatic carbocycles. The van der Waals surface area contributed by atoms with Gasteiger partial charge in [0.1, 0.15) is 30.5 Å². The van der Waals surface area contributed by atoms with Gasteiger partial charge in [-0.05, 0) is 62.4 Å². The number of carbonyl (C=O) groups excluding carboxylic acids is 5. The molecule has 0 aromatic heterocycles. The van der Waals surface area contributed by atoms with E-state index in [0.29, 0.717) is 42.1 Å². The molecule has 2 unspecified atom stereocenters. The van der Waals surface area contributed by atoms with E-state index in [1.54, 1.807) is 53.4 Å². The highest BCUT2D eigenvalue weighted by atomic mass is 32.2. The van der Waals surface area contributed by atoms with E-state index in [4.69, 9.17) is 25.0 Å². The summed E-state index contributed by atoms with van der Waals surface area (Å²) in [6.07, 6.45) is -2.67. The van der Waals surface area contributed by atoms with Crippen molar-refractivity contribution in [3.05, 3.63) is 59.7 Å². The zero-order valence-electron chi connectivity index (χ0n) is 32.7. The molecule has 3 saturated heterocycles. The normalized spacial score (nSPS) is 18.4. The van der Waals surface area contributed by atoms with Gasteiger partial charge in [-0.1, -0.05) is 0 Å². The number of nitrogens with zero attached hydrogens (tertiary/aromatic N) is 4. The molecule has 21 nitrogen and oxygen atoms in total. The summed E-state index contributed by atoms with van der Waals surface area (Å²) in [4.78, 5) is 65.6. The van der Waals surface area contributed by atoms with Crippen LogP contribution in [0.1, 0.15) is 25.0 Å². The number of hydrogen-bond acceptors (Lipinski definition) is 17. The second-order valence-corrected chi connectivity index (χ2v) is 15.1. The van der Waals surface area contributed by atoms with E-state index in [0.717, 1.165) is 32.4 Å². The van der Waals surface area contributed by atoms with Crippen molar-refractivity contribution in [2.24, 2.45) is 0 Å². The predicted octanol–water partition coefficient (Wildman–Crippen LogP) is 1.93. The third kappa shape index (κ3) is 13.7. The van der Waals surface area contributed by atoms with E-state index in [1.807, 2.05) is 13.8 Å². The predicted molar refractivity (Wildman–Crippen MR) is 208 cm³/mol. The van der Waals surface area contributed by atoms with Gasteiger partial charge in [-0.15, -0.1) is 0 Å². The highest BCUT2D eigenvalue weighted by Gasteiger charge is 2.35. The number of anilines is 2. The summed E-state index contributed by atoms with van der Waals surface area (Å²) in [5.41, 5.74) is 2.06. The fourth-order valence-electron chi connectivity index (χ4n) is 5.81. The lowest BCUT2D eigenvalue weighted by Crippen LogP contribution is -2.50. The van der Waals surface area contributed by atoms with Crippen LogP contribution in [0.5, 0.6) is 0 Å². The first-order valence-electron chi connectivity index (χ1n) is 18.0. The number of cyclic esters (lactones) is 2. The summed E-state index contributed by atoms with van der Waals surface area (Å²) < 4.78 is 51.3. The van der Waals surface area contributed by atoms with Gasteiger partial charge in [0, 0.05) is 55.2 Å². The van der Waals surface area contributed by atoms with E-state index in [9.17, 15) is 32.4 Å². The SMILES string of the molecule is COC(=O)NC(=N)c1ccc(N2CC(CN3CCN(CC(=O)OC(C)C)CC3)OC2=O)cc1.COC(=O)NC(=N)c1ccc(N2CC(COS(C)(=O)=O)OC2=O)cc1. The Morgan fingerprint density at radius 1 is 0.759 bits per heavy atom. The molecular formula is C36H48N8O13S. The lowest BCUT2D eigenvalue weighted by atomic mass is 10.1. The van der Waals surface area contributed by atoms with Crippen molar-refractivity contribution < 1.29 is 60.3 Å². The first-order chi connectivity index (χ1) is 27.4. The summed E-state index contributed by atoms with van der Waals surface area (Å²) in [5.74, 6) is -0.449. The van der Waals surface area contributed by atoms with Crippen LogP contribution in [0.4, 0.5) is 30.6 Å². The quantitative estimate of drug-likeness (QED) is 0.0783. The molecule has 0 radical (unpaired) electrons. The smallest absolute Gasteiger partial charge is 0.414 e. The van der Waals surface area contributed by atoms with Crippen molar-refractivity contribution in [3.63, 3.8) is 0 Å². The number of amides is 4. The highest BCUT2D eigenvalue weighted by Crippen LogP contribution is 2.24. The number of amidine groups is 2. The molecule has 3 heterocycles. The molecule has 5 rings (SSSR count). The van der Waals surface area contributed by atoms with E-state index >= 15 is 0 Å². The summed E-state index contributed by atoms with van der Waals surface area (Å²) in [6.45, 7) is 7.97. The minimum absolute atomic E-state index is 0.0908. The third-order valence-corrected chi connectivity index (χ3v) is 9.19. The van der Waals surface area contributed by atoms with Gasteiger partial charge in [0.25, 0.3) is 10.1 Å². The van der Waals surface area contributed by atoms with Crippen LogP contribution < -0.4 is 20.4 Å². The number of ether oxygens (including phenoxy) is 5. The Balaban J connectivity index is 0.000000267. The summed E-state index contributed by atoms with van der Waals surface area (Å²) >= 11 is 0. The molecule has 3 aliphatic rings. The zero-order chi connectivity index (χ0) is 42.6. The van der Waals surface area contributed by atoms with Gasteiger partial charge >= 0.3 is 30.3 Å². The van der Waals surface area contributed by atoms with Gasteiger partial charge < -0.3 is 23.7 Å². The number of piperazine rings is 1. The molecule has 58 heavy (non-hydrogen) atoms. The zero-order valence-corrected chi connectivity index (χ0v) is 33.5. The number of alkyl carbamates (subject to hydrolysis) is 2. The molecule has 0 saturated carbocycles. The fraction of sp³-hybridized carbons (Fsp3) is 0.472. The Morgan fingerprint density at radius 2 is 1.19 bits per heavy atom. The lowest BCUT2D eigenvalue weighted by Gasteiger charge is -2.34. The van der Waals surface area contributed by atoms with Crippen molar-refractivity contribution in [3.8, 4) is 0 Å². The summed E-state index contributed by atoms with van der Waals surface area (Å²) in [5, 5.41) is 20.2. The first-order valence-corrected chi connectivity index (χ1v) is 19.8. The molecule has 4 amide bonds. The van der Waals surface area contributed by atoms with Crippen LogP contribution in [0.2, 0.25) is 0 Å². The van der Waals surface area contributed by atoms with E-state index < -0.39 is 40.6 Å². The number of nitrogens with one attached hydrogen (secondary N) is 4. The molecule has 2 aromatic rings. The highest BCUT2D eigenvalue weighted by molar-refractivity contribution is 7.85. The fourth-order valence-corrected chi connectivity index (χ4v) is 6.21. The number of benzene rings is 2. The van der Waals surface area contributed by atoms with E-state index in [-0.39, 0.29) is 43.0 Å². The maximum absolute atomic E-state index is 12.4. The minimum atomic E-state index is -3.62. The maximum atomic E-state index is 12.4. The van der Waals surface area contributed by atoms with Gasteiger partial charge in [-0.25, -0.2) is 19.2 Å². The molecule has 316 valence electrons. The Bertz CT molecular complexity index is 1920. The Morgan fingerprint density at radius 3 is 1.62 bits per heavy atom.